The van der Waals surface area contributed by atoms with Gasteiger partial charge in [0.05, 0.1) is 11.4 Å². The molecule has 0 spiro atoms. The van der Waals surface area contributed by atoms with Gasteiger partial charge in [0.25, 0.3) is 5.91 Å². The molecule has 8 nitrogen and oxygen atoms in total. The molecular formula is C35H38N4O4. The highest BCUT2D eigenvalue weighted by Crippen LogP contribution is 2.44. The number of hydrogen-bond acceptors (Lipinski definition) is 4. The van der Waals surface area contributed by atoms with Crippen molar-refractivity contribution in [2.45, 2.75) is 64.3 Å². The van der Waals surface area contributed by atoms with Crippen molar-refractivity contribution in [2.24, 2.45) is 7.05 Å². The molecule has 2 aromatic carbocycles. The van der Waals surface area contributed by atoms with Crippen molar-refractivity contribution in [3.63, 3.8) is 0 Å². The minimum absolute atomic E-state index is 0.341. The fourth-order valence-corrected chi connectivity index (χ4v) is 5.98. The van der Waals surface area contributed by atoms with Crippen LogP contribution in [0.2, 0.25) is 0 Å². The summed E-state index contributed by atoms with van der Waals surface area (Å²) in [7, 11) is 2.04. The van der Waals surface area contributed by atoms with Crippen molar-refractivity contribution in [3.05, 3.63) is 89.1 Å². The summed E-state index contributed by atoms with van der Waals surface area (Å²) in [6.07, 6.45) is 10.3. The maximum Gasteiger partial charge on any atom is 0.328 e. The second-order valence-corrected chi connectivity index (χ2v) is 11.9. The number of aliphatic carboxylic acids is 1. The van der Waals surface area contributed by atoms with Gasteiger partial charge in [0.1, 0.15) is 5.54 Å². The van der Waals surface area contributed by atoms with E-state index in [2.05, 4.69) is 28.2 Å². The normalized spacial score (nSPS) is 14.2. The third-order valence-corrected chi connectivity index (χ3v) is 8.33. The molecule has 2 amide bonds. The molecule has 0 aliphatic heterocycles. The lowest BCUT2D eigenvalue weighted by molar-refractivity contribution is -0.131. The number of aromatic nitrogens is 2. The maximum atomic E-state index is 13.5. The van der Waals surface area contributed by atoms with E-state index >= 15 is 0 Å². The van der Waals surface area contributed by atoms with Crippen LogP contribution in [0.25, 0.3) is 28.4 Å². The zero-order valence-electron chi connectivity index (χ0n) is 25.1. The number of aryl methyl sites for hydroxylation is 2. The molecule has 2 aromatic heterocycles. The van der Waals surface area contributed by atoms with Gasteiger partial charge in [-0.1, -0.05) is 43.5 Å². The summed E-state index contributed by atoms with van der Waals surface area (Å²) >= 11 is 0. The molecule has 0 radical (unpaired) electrons. The minimum Gasteiger partial charge on any atom is -0.478 e. The Balaban J connectivity index is 1.40. The van der Waals surface area contributed by atoms with Gasteiger partial charge in [0.2, 0.25) is 5.91 Å². The number of benzene rings is 2. The lowest BCUT2D eigenvalue weighted by Gasteiger charge is -2.25. The zero-order chi connectivity index (χ0) is 30.7. The average Bonchev–Trinajstić information content (AvgIpc) is 3.28. The number of fused-ring (bicyclic) bond motifs is 1. The first-order valence-corrected chi connectivity index (χ1v) is 14.7. The van der Waals surface area contributed by atoms with E-state index in [4.69, 9.17) is 10.1 Å². The fraction of sp³-hybridized carbons (Fsp3) is 0.314. The van der Waals surface area contributed by atoms with E-state index < -0.39 is 11.5 Å². The average molecular weight is 579 g/mol. The molecule has 8 heteroatoms. The van der Waals surface area contributed by atoms with Crippen molar-refractivity contribution in [1.82, 2.24) is 14.9 Å². The van der Waals surface area contributed by atoms with Crippen molar-refractivity contribution >= 4 is 40.4 Å². The van der Waals surface area contributed by atoms with Gasteiger partial charge < -0.3 is 20.3 Å². The molecule has 0 bridgehead atoms. The molecular weight excluding hydrogens is 540 g/mol. The molecule has 0 saturated heterocycles. The van der Waals surface area contributed by atoms with E-state index in [1.165, 1.54) is 30.9 Å². The summed E-state index contributed by atoms with van der Waals surface area (Å²) in [5.74, 6) is -1.30. The lowest BCUT2D eigenvalue weighted by atomic mass is 9.82. The minimum atomic E-state index is -1.20. The first-order valence-electron chi connectivity index (χ1n) is 14.7. The van der Waals surface area contributed by atoms with Gasteiger partial charge in [0, 0.05) is 41.5 Å². The van der Waals surface area contributed by atoms with Crippen molar-refractivity contribution < 1.29 is 19.5 Å². The van der Waals surface area contributed by atoms with Crippen LogP contribution in [0.5, 0.6) is 0 Å². The van der Waals surface area contributed by atoms with Gasteiger partial charge >= 0.3 is 5.97 Å². The Bertz CT molecular complexity index is 1710. The number of nitrogens with zero attached hydrogens (tertiary/aromatic N) is 2. The second-order valence-electron chi connectivity index (χ2n) is 11.9. The third kappa shape index (κ3) is 6.38. The van der Waals surface area contributed by atoms with E-state index in [1.807, 2.05) is 37.5 Å². The van der Waals surface area contributed by atoms with E-state index in [-0.39, 0.29) is 11.8 Å². The molecule has 2 heterocycles. The Kier molecular flexibility index (Phi) is 8.48. The number of carboxylic acid groups (broad SMARTS) is 1. The van der Waals surface area contributed by atoms with Crippen LogP contribution in [0.4, 0.5) is 5.69 Å². The van der Waals surface area contributed by atoms with E-state index in [1.54, 1.807) is 38.1 Å². The van der Waals surface area contributed by atoms with Crippen molar-refractivity contribution in [3.8, 4) is 11.4 Å². The second kappa shape index (κ2) is 12.3. The Labute approximate surface area is 251 Å². The number of hydrogen-bond donors (Lipinski definition) is 3. The van der Waals surface area contributed by atoms with Crippen LogP contribution < -0.4 is 10.6 Å². The van der Waals surface area contributed by atoms with E-state index in [0.29, 0.717) is 22.7 Å². The summed E-state index contributed by atoms with van der Waals surface area (Å²) in [6.45, 7) is 5.41. The number of carbonyl (C=O) groups is 3. The van der Waals surface area contributed by atoms with Gasteiger partial charge in [-0.15, -0.1) is 0 Å². The molecule has 43 heavy (non-hydrogen) atoms. The van der Waals surface area contributed by atoms with Crippen molar-refractivity contribution in [2.75, 3.05) is 5.32 Å². The highest BCUT2D eigenvalue weighted by molar-refractivity contribution is 6.05. The Hall–Kier alpha value is -4.72. The lowest BCUT2D eigenvalue weighted by Crippen LogP contribution is -2.52. The highest BCUT2D eigenvalue weighted by Gasteiger charge is 2.31. The Morgan fingerprint density at radius 1 is 1.02 bits per heavy atom. The van der Waals surface area contributed by atoms with Crippen molar-refractivity contribution in [1.29, 1.82) is 0 Å². The van der Waals surface area contributed by atoms with Crippen LogP contribution in [0.15, 0.2) is 66.9 Å². The summed E-state index contributed by atoms with van der Waals surface area (Å²) in [6, 6.07) is 16.6. The first-order chi connectivity index (χ1) is 20.5. The van der Waals surface area contributed by atoms with Gasteiger partial charge in [-0.25, -0.2) is 4.79 Å². The number of rotatable bonds is 8. The largest absolute Gasteiger partial charge is 0.478 e. The SMILES string of the molecule is Cc1cccnc1-c1c(C2CCCCC2)c2ccc(C(=O)NC(C)(C)C(=O)Nc3ccc(/C=C/C(=O)O)cc3)cc2n1C. The number of nitrogens with one attached hydrogen (secondary N) is 2. The molecule has 5 rings (SSSR count). The number of amides is 2. The highest BCUT2D eigenvalue weighted by atomic mass is 16.4. The summed E-state index contributed by atoms with van der Waals surface area (Å²) in [5, 5.41) is 15.7. The topological polar surface area (TPSA) is 113 Å². The first kappa shape index (κ1) is 29.8. The summed E-state index contributed by atoms with van der Waals surface area (Å²) in [4.78, 5) is 42.2. The third-order valence-electron chi connectivity index (χ3n) is 8.33. The van der Waals surface area contributed by atoms with Crippen LogP contribution in [-0.2, 0) is 16.6 Å². The van der Waals surface area contributed by atoms with Gasteiger partial charge in [0.15, 0.2) is 0 Å². The number of carboxylic acids is 1. The molecule has 0 unspecified atom stereocenters. The smallest absolute Gasteiger partial charge is 0.328 e. The summed E-state index contributed by atoms with van der Waals surface area (Å²) < 4.78 is 2.17. The van der Waals surface area contributed by atoms with E-state index in [9.17, 15) is 14.4 Å². The predicted octanol–water partition coefficient (Wildman–Crippen LogP) is 6.84. The number of carbonyl (C=O) groups excluding carboxylic acids is 2. The molecule has 222 valence electrons. The molecule has 4 aromatic rings. The summed E-state index contributed by atoms with van der Waals surface area (Å²) in [5.41, 5.74) is 5.98. The van der Waals surface area contributed by atoms with Crippen LogP contribution in [0, 0.1) is 6.92 Å². The van der Waals surface area contributed by atoms with Gasteiger partial charge in [-0.3, -0.25) is 14.6 Å². The molecule has 1 aliphatic rings. The zero-order valence-corrected chi connectivity index (χ0v) is 25.1. The van der Waals surface area contributed by atoms with Crippen LogP contribution >= 0.6 is 0 Å². The number of anilines is 1. The fourth-order valence-electron chi connectivity index (χ4n) is 5.98. The van der Waals surface area contributed by atoms with Crippen LogP contribution in [0.3, 0.4) is 0 Å². The standard InChI is InChI=1S/C35H38N4O4/c1-22-9-8-20-36-31(22)32-30(24-10-6-5-7-11-24)27-18-15-25(21-28(27)39(32)4)33(42)38-35(2,3)34(43)37-26-16-12-23(13-17-26)14-19-29(40)41/h8-9,12-21,24H,5-7,10-11H2,1-4H3,(H,37,43)(H,38,42)(H,40,41)/b19-14+. The molecule has 3 N–H and O–H groups in total. The molecule has 1 aliphatic carbocycles. The van der Waals surface area contributed by atoms with Crippen LogP contribution in [-0.4, -0.2) is 38.0 Å². The van der Waals surface area contributed by atoms with Gasteiger partial charge in [-0.05, 0) is 92.6 Å². The predicted molar refractivity (Wildman–Crippen MR) is 170 cm³/mol. The maximum absolute atomic E-state index is 13.5. The van der Waals surface area contributed by atoms with E-state index in [0.717, 1.165) is 46.8 Å². The Morgan fingerprint density at radius 2 is 1.74 bits per heavy atom. The molecule has 1 fully saturated rings. The molecule has 1 saturated carbocycles. The monoisotopic (exact) mass is 578 g/mol. The van der Waals surface area contributed by atoms with Gasteiger partial charge in [-0.2, -0.15) is 0 Å². The Morgan fingerprint density at radius 3 is 2.42 bits per heavy atom. The molecule has 0 atom stereocenters. The van der Waals surface area contributed by atoms with Crippen LogP contribution in [0.1, 0.15) is 78.9 Å². The quantitative estimate of drug-likeness (QED) is 0.198. The number of pyridine rings is 1.